The second-order valence-electron chi connectivity index (χ2n) is 8.83. The van der Waals surface area contributed by atoms with Gasteiger partial charge in [0.1, 0.15) is 0 Å². The van der Waals surface area contributed by atoms with Crippen molar-refractivity contribution < 1.29 is 14.4 Å². The number of hydrogen-bond acceptors (Lipinski definition) is 9. The summed E-state index contributed by atoms with van der Waals surface area (Å²) in [5, 5.41) is 8.02. The van der Waals surface area contributed by atoms with Gasteiger partial charge in [-0.1, -0.05) is 0 Å². The topological polar surface area (TPSA) is 243 Å². The van der Waals surface area contributed by atoms with Crippen molar-refractivity contribution in [3.8, 4) is 0 Å². The summed E-state index contributed by atoms with van der Waals surface area (Å²) in [6.07, 6.45) is 0. The van der Waals surface area contributed by atoms with E-state index in [4.69, 9.17) is 34.4 Å². The van der Waals surface area contributed by atoms with Gasteiger partial charge in [-0.25, -0.2) is 0 Å². The molecule has 4 aromatic carbocycles. The third kappa shape index (κ3) is 6.65. The molecular weight excluding hydrogens is 498 g/mol. The maximum absolute atomic E-state index is 13.2. The van der Waals surface area contributed by atoms with Crippen LogP contribution in [0.15, 0.2) is 72.8 Å². The van der Waals surface area contributed by atoms with Crippen LogP contribution < -0.4 is 50.4 Å². The number of rotatable bonds is 6. The summed E-state index contributed by atoms with van der Waals surface area (Å²) < 4.78 is 0. The highest BCUT2D eigenvalue weighted by Gasteiger charge is 2.18. The number of nitrogens with two attached hydrogens (primary N) is 6. The summed E-state index contributed by atoms with van der Waals surface area (Å²) >= 11 is 0. The second kappa shape index (κ2) is 10.6. The van der Waals surface area contributed by atoms with Gasteiger partial charge in [0, 0.05) is 67.9 Å². The maximum Gasteiger partial charge on any atom is 0.255 e. The molecular formula is C27H27N9O3. The summed E-state index contributed by atoms with van der Waals surface area (Å²) in [5.41, 5.74) is 38.1. The molecule has 4 rings (SSSR count). The van der Waals surface area contributed by atoms with Gasteiger partial charge in [0.05, 0.1) is 0 Å². The predicted octanol–water partition coefficient (Wildman–Crippen LogP) is 2.94. The molecule has 0 aliphatic carbocycles. The van der Waals surface area contributed by atoms with Crippen molar-refractivity contribution in [2.75, 3.05) is 50.4 Å². The van der Waals surface area contributed by atoms with E-state index in [0.29, 0.717) is 51.2 Å². The first-order chi connectivity index (χ1) is 18.4. The van der Waals surface area contributed by atoms with Crippen LogP contribution in [0.4, 0.5) is 51.2 Å². The van der Waals surface area contributed by atoms with Gasteiger partial charge in [-0.05, 0) is 72.8 Å². The second-order valence-corrected chi connectivity index (χ2v) is 8.83. The van der Waals surface area contributed by atoms with Gasteiger partial charge in [0.2, 0.25) is 0 Å². The van der Waals surface area contributed by atoms with Crippen molar-refractivity contribution in [2.24, 2.45) is 0 Å². The highest BCUT2D eigenvalue weighted by atomic mass is 16.2. The lowest BCUT2D eigenvalue weighted by Gasteiger charge is -2.13. The highest BCUT2D eigenvalue weighted by Crippen LogP contribution is 2.23. The van der Waals surface area contributed by atoms with E-state index in [0.717, 1.165) is 0 Å². The Balaban J connectivity index is 1.69. The Bertz CT molecular complexity index is 1360. The van der Waals surface area contributed by atoms with E-state index in [1.54, 1.807) is 0 Å². The van der Waals surface area contributed by atoms with E-state index in [1.165, 1.54) is 72.8 Å². The van der Waals surface area contributed by atoms with Crippen molar-refractivity contribution in [2.45, 2.75) is 0 Å². The molecule has 0 radical (unpaired) electrons. The fourth-order valence-corrected chi connectivity index (χ4v) is 3.88. The van der Waals surface area contributed by atoms with Gasteiger partial charge in [-0.3, -0.25) is 14.4 Å². The molecule has 0 aliphatic heterocycles. The van der Waals surface area contributed by atoms with Crippen LogP contribution in [-0.4, -0.2) is 17.7 Å². The normalized spacial score (nSPS) is 10.5. The first-order valence-electron chi connectivity index (χ1n) is 11.5. The Hall–Kier alpha value is -5.91. The number of carbonyl (C=O) groups is 3. The van der Waals surface area contributed by atoms with Gasteiger partial charge in [-0.2, -0.15) is 0 Å². The van der Waals surface area contributed by atoms with Crippen molar-refractivity contribution in [3.05, 3.63) is 89.5 Å². The van der Waals surface area contributed by atoms with Crippen LogP contribution in [0.1, 0.15) is 31.1 Å². The lowest BCUT2D eigenvalue weighted by molar-refractivity contribution is 0.102. The molecule has 0 aromatic heterocycles. The van der Waals surface area contributed by atoms with Crippen LogP contribution >= 0.6 is 0 Å². The van der Waals surface area contributed by atoms with E-state index in [1.807, 2.05) is 0 Å². The monoisotopic (exact) mass is 525 g/mol. The van der Waals surface area contributed by atoms with Gasteiger partial charge >= 0.3 is 0 Å². The summed E-state index contributed by atoms with van der Waals surface area (Å²) in [5.74, 6) is -1.82. The zero-order chi connectivity index (χ0) is 28.3. The van der Waals surface area contributed by atoms with E-state index in [-0.39, 0.29) is 16.7 Å². The molecule has 0 heterocycles. The maximum atomic E-state index is 13.2. The minimum atomic E-state index is -0.606. The van der Waals surface area contributed by atoms with Crippen molar-refractivity contribution in [1.82, 2.24) is 0 Å². The first-order valence-corrected chi connectivity index (χ1v) is 11.5. The van der Waals surface area contributed by atoms with Crippen LogP contribution in [0, 0.1) is 0 Å². The molecule has 0 atom stereocenters. The Morgan fingerprint density at radius 2 is 0.564 bits per heavy atom. The highest BCUT2D eigenvalue weighted by molar-refractivity contribution is 6.13. The molecule has 39 heavy (non-hydrogen) atoms. The van der Waals surface area contributed by atoms with Crippen LogP contribution in [0.2, 0.25) is 0 Å². The van der Waals surface area contributed by atoms with Gasteiger partial charge < -0.3 is 50.4 Å². The number of nitrogens with one attached hydrogen (secondary N) is 3. The van der Waals surface area contributed by atoms with E-state index < -0.39 is 17.7 Å². The molecule has 198 valence electrons. The summed E-state index contributed by atoms with van der Waals surface area (Å²) in [4.78, 5) is 39.5. The number of anilines is 9. The van der Waals surface area contributed by atoms with E-state index >= 15 is 0 Å². The smallest absolute Gasteiger partial charge is 0.255 e. The Morgan fingerprint density at radius 1 is 0.359 bits per heavy atom. The molecule has 15 N–H and O–H groups in total. The molecule has 3 amide bonds. The lowest BCUT2D eigenvalue weighted by atomic mass is 10.0. The van der Waals surface area contributed by atoms with Crippen LogP contribution in [0.25, 0.3) is 0 Å². The lowest BCUT2D eigenvalue weighted by Crippen LogP contribution is -2.19. The zero-order valence-corrected chi connectivity index (χ0v) is 20.6. The quantitative estimate of drug-likeness (QED) is 0.168. The largest absolute Gasteiger partial charge is 0.399 e. The Morgan fingerprint density at radius 3 is 0.769 bits per heavy atom. The number of amides is 3. The zero-order valence-electron chi connectivity index (χ0n) is 20.6. The van der Waals surface area contributed by atoms with Crippen LogP contribution in [0.5, 0.6) is 0 Å². The summed E-state index contributed by atoms with van der Waals surface area (Å²) in [7, 11) is 0. The molecule has 0 saturated carbocycles. The Labute approximate surface area is 223 Å². The molecule has 12 nitrogen and oxygen atoms in total. The van der Waals surface area contributed by atoms with Crippen LogP contribution in [-0.2, 0) is 0 Å². The number of carbonyl (C=O) groups excluding carboxylic acids is 3. The van der Waals surface area contributed by atoms with Gasteiger partial charge in [0.25, 0.3) is 17.7 Å². The first kappa shape index (κ1) is 26.2. The SMILES string of the molecule is Nc1cc(N)cc(NC(=O)c2cc(C(=O)Nc3cc(N)cc(N)c3)cc(C(=O)Nc3cc(N)cc(N)c3)c2)c1. The van der Waals surface area contributed by atoms with Gasteiger partial charge in [-0.15, -0.1) is 0 Å². The summed E-state index contributed by atoms with van der Waals surface area (Å²) in [6.45, 7) is 0. The molecule has 0 bridgehead atoms. The average molecular weight is 526 g/mol. The van der Waals surface area contributed by atoms with Gasteiger partial charge in [0.15, 0.2) is 0 Å². The minimum Gasteiger partial charge on any atom is -0.399 e. The number of hydrogen-bond donors (Lipinski definition) is 9. The Kier molecular flexibility index (Phi) is 7.11. The van der Waals surface area contributed by atoms with E-state index in [9.17, 15) is 14.4 Å². The molecule has 0 spiro atoms. The fourth-order valence-electron chi connectivity index (χ4n) is 3.88. The number of benzene rings is 4. The standard InChI is InChI=1S/C27H27N9O3/c28-16-4-17(29)8-22(7-16)34-25(37)13-1-14(26(38)35-23-9-18(30)5-19(31)10-23)3-15(2-13)27(39)36-24-11-20(32)6-21(33)12-24/h1-12H,28-33H2,(H,34,37)(H,35,38)(H,36,39). The molecule has 0 aliphatic rings. The van der Waals surface area contributed by atoms with Crippen molar-refractivity contribution in [1.29, 1.82) is 0 Å². The predicted molar refractivity (Wildman–Crippen MR) is 156 cm³/mol. The summed E-state index contributed by atoms with van der Waals surface area (Å²) in [6, 6.07) is 17.8. The van der Waals surface area contributed by atoms with Crippen molar-refractivity contribution >= 4 is 68.9 Å². The minimum absolute atomic E-state index is 0.0213. The molecule has 0 fully saturated rings. The van der Waals surface area contributed by atoms with Crippen LogP contribution in [0.3, 0.4) is 0 Å². The third-order valence-corrected chi connectivity index (χ3v) is 5.43. The molecule has 0 unspecified atom stereocenters. The van der Waals surface area contributed by atoms with E-state index in [2.05, 4.69) is 16.0 Å². The molecule has 0 saturated heterocycles. The van der Waals surface area contributed by atoms with Crippen molar-refractivity contribution in [3.63, 3.8) is 0 Å². The third-order valence-electron chi connectivity index (χ3n) is 5.43. The molecule has 12 heteroatoms. The molecule has 4 aromatic rings. The fraction of sp³-hybridized carbons (Fsp3) is 0. The average Bonchev–Trinajstić information content (AvgIpc) is 2.81. The number of nitrogen functional groups attached to an aromatic ring is 6.